The van der Waals surface area contributed by atoms with Crippen LogP contribution in [0.5, 0.6) is 0 Å². The molecule has 6 nitrogen and oxygen atoms in total. The van der Waals surface area contributed by atoms with Crippen molar-refractivity contribution in [3.05, 3.63) is 41.3 Å². The summed E-state index contributed by atoms with van der Waals surface area (Å²) in [6.45, 7) is 2.61. The van der Waals surface area contributed by atoms with E-state index in [1.54, 1.807) is 6.20 Å². The third-order valence-corrected chi connectivity index (χ3v) is 3.55. The van der Waals surface area contributed by atoms with Crippen molar-refractivity contribution in [1.29, 1.82) is 0 Å². The monoisotopic (exact) mass is 272 g/mol. The predicted octanol–water partition coefficient (Wildman–Crippen LogP) is 1.78. The molecule has 0 aliphatic carbocycles. The predicted molar refractivity (Wildman–Crippen MR) is 73.8 cm³/mol. The van der Waals surface area contributed by atoms with Crippen molar-refractivity contribution >= 4 is 11.8 Å². The average Bonchev–Trinajstić information content (AvgIpc) is 2.83. The minimum absolute atomic E-state index is 0.0945. The number of hydrogen-bond acceptors (Lipinski definition) is 5. The number of carbonyl (C=O) groups excluding carboxylic acids is 1. The van der Waals surface area contributed by atoms with E-state index in [-0.39, 0.29) is 12.0 Å². The van der Waals surface area contributed by atoms with E-state index in [2.05, 4.69) is 15.4 Å². The van der Waals surface area contributed by atoms with Crippen molar-refractivity contribution in [2.75, 3.05) is 19.0 Å². The van der Waals surface area contributed by atoms with Gasteiger partial charge in [0.25, 0.3) is 0 Å². The lowest BCUT2D eigenvalue weighted by Gasteiger charge is -2.26. The summed E-state index contributed by atoms with van der Waals surface area (Å²) in [5, 5.41) is 7.75. The molecule has 1 atom stereocenters. The lowest BCUT2D eigenvalue weighted by Crippen LogP contribution is -2.25. The summed E-state index contributed by atoms with van der Waals surface area (Å²) < 4.78 is 6.70. The second-order valence-corrected chi connectivity index (χ2v) is 4.76. The van der Waals surface area contributed by atoms with Crippen LogP contribution in [0.3, 0.4) is 0 Å². The van der Waals surface area contributed by atoms with Crippen molar-refractivity contribution in [3.8, 4) is 0 Å². The van der Waals surface area contributed by atoms with Crippen molar-refractivity contribution < 1.29 is 9.53 Å². The second-order valence-electron chi connectivity index (χ2n) is 4.76. The summed E-state index contributed by atoms with van der Waals surface area (Å²) in [5.41, 5.74) is 2.28. The van der Waals surface area contributed by atoms with Crippen LogP contribution in [0, 0.1) is 6.92 Å². The van der Waals surface area contributed by atoms with Gasteiger partial charge in [0, 0.05) is 18.9 Å². The van der Waals surface area contributed by atoms with E-state index in [1.807, 2.05) is 29.9 Å². The molecule has 0 amide bonds. The molecule has 0 spiro atoms. The van der Waals surface area contributed by atoms with Crippen LogP contribution in [0.1, 0.15) is 34.1 Å². The maximum absolute atomic E-state index is 11.9. The number of methoxy groups -OCH3 is 1. The Morgan fingerprint density at radius 2 is 2.40 bits per heavy atom. The molecule has 1 aliphatic heterocycles. The van der Waals surface area contributed by atoms with E-state index < -0.39 is 0 Å². The number of pyridine rings is 1. The van der Waals surface area contributed by atoms with Gasteiger partial charge in [0.05, 0.1) is 18.8 Å². The van der Waals surface area contributed by atoms with Gasteiger partial charge in [-0.1, -0.05) is 6.07 Å². The molecule has 3 rings (SSSR count). The summed E-state index contributed by atoms with van der Waals surface area (Å²) in [5.74, 6) is 0.373. The smallest absolute Gasteiger partial charge is 0.343 e. The molecular formula is C14H16N4O2. The first-order valence-electron chi connectivity index (χ1n) is 6.53. The molecule has 1 aliphatic rings. The van der Waals surface area contributed by atoms with Gasteiger partial charge >= 0.3 is 5.97 Å². The van der Waals surface area contributed by atoms with E-state index >= 15 is 0 Å². The molecular weight excluding hydrogens is 256 g/mol. The highest BCUT2D eigenvalue weighted by atomic mass is 16.5. The number of anilines is 1. The number of fused-ring (bicyclic) bond motifs is 1. The Hall–Kier alpha value is -2.37. The normalized spacial score (nSPS) is 17.2. The molecule has 2 aromatic rings. The van der Waals surface area contributed by atoms with Crippen molar-refractivity contribution in [3.63, 3.8) is 0 Å². The lowest BCUT2D eigenvalue weighted by atomic mass is 10.0. The number of rotatable bonds is 2. The van der Waals surface area contributed by atoms with Crippen LogP contribution in [-0.4, -0.2) is 34.4 Å². The number of nitrogens with one attached hydrogen (secondary N) is 1. The van der Waals surface area contributed by atoms with Gasteiger partial charge in [-0.15, -0.1) is 0 Å². The topological polar surface area (TPSA) is 69.0 Å². The van der Waals surface area contributed by atoms with Crippen LogP contribution in [-0.2, 0) is 4.74 Å². The van der Waals surface area contributed by atoms with Crippen molar-refractivity contribution in [1.82, 2.24) is 14.8 Å². The van der Waals surface area contributed by atoms with Crippen molar-refractivity contribution in [2.45, 2.75) is 19.4 Å². The molecule has 104 valence electrons. The first-order chi connectivity index (χ1) is 9.72. The minimum Gasteiger partial charge on any atom is -0.465 e. The summed E-state index contributed by atoms with van der Waals surface area (Å²) in [4.78, 5) is 16.0. The summed E-state index contributed by atoms with van der Waals surface area (Å²) >= 11 is 0. The van der Waals surface area contributed by atoms with Gasteiger partial charge in [-0.3, -0.25) is 4.98 Å². The maximum Gasteiger partial charge on any atom is 0.343 e. The van der Waals surface area contributed by atoms with Crippen molar-refractivity contribution in [2.24, 2.45) is 0 Å². The molecule has 0 saturated heterocycles. The first kappa shape index (κ1) is 12.7. The van der Waals surface area contributed by atoms with Crippen LogP contribution < -0.4 is 5.32 Å². The zero-order chi connectivity index (χ0) is 14.1. The Morgan fingerprint density at radius 1 is 1.55 bits per heavy atom. The third-order valence-electron chi connectivity index (χ3n) is 3.55. The van der Waals surface area contributed by atoms with Gasteiger partial charge < -0.3 is 10.1 Å². The summed E-state index contributed by atoms with van der Waals surface area (Å²) in [6.07, 6.45) is 4.49. The molecule has 3 heterocycles. The van der Waals surface area contributed by atoms with Gasteiger partial charge in [0.1, 0.15) is 11.4 Å². The van der Waals surface area contributed by atoms with Gasteiger partial charge in [-0.25, -0.2) is 9.48 Å². The highest BCUT2D eigenvalue weighted by molar-refractivity contribution is 5.96. The van der Waals surface area contributed by atoms with Crippen LogP contribution in [0.15, 0.2) is 24.5 Å². The number of aryl methyl sites for hydroxylation is 1. The number of ether oxygens (including phenoxy) is 1. The fraction of sp³-hybridized carbons (Fsp3) is 0.357. The number of esters is 1. The quantitative estimate of drug-likeness (QED) is 0.844. The SMILES string of the molecule is COC(=O)c1c(C)nn2c1NCCC2c1cccnc1. The zero-order valence-electron chi connectivity index (χ0n) is 11.5. The molecule has 0 radical (unpaired) electrons. The number of carbonyl (C=O) groups is 1. The maximum atomic E-state index is 11.9. The highest BCUT2D eigenvalue weighted by Gasteiger charge is 2.29. The van der Waals surface area contributed by atoms with E-state index in [4.69, 9.17) is 4.74 Å². The Bertz CT molecular complexity index is 636. The third kappa shape index (κ3) is 1.93. The van der Waals surface area contributed by atoms with Gasteiger partial charge in [0.15, 0.2) is 0 Å². The largest absolute Gasteiger partial charge is 0.465 e. The Labute approximate surface area is 116 Å². The van der Waals surface area contributed by atoms with Crippen LogP contribution in [0.2, 0.25) is 0 Å². The molecule has 2 aromatic heterocycles. The van der Waals surface area contributed by atoms with E-state index in [0.717, 1.165) is 24.3 Å². The summed E-state index contributed by atoms with van der Waals surface area (Å²) in [6, 6.07) is 4.04. The van der Waals surface area contributed by atoms with Crippen LogP contribution in [0.4, 0.5) is 5.82 Å². The number of nitrogens with zero attached hydrogens (tertiary/aromatic N) is 3. The molecule has 0 fully saturated rings. The molecule has 0 saturated carbocycles. The zero-order valence-corrected chi connectivity index (χ0v) is 11.5. The van der Waals surface area contributed by atoms with Gasteiger partial charge in [0.2, 0.25) is 0 Å². The fourth-order valence-corrected chi connectivity index (χ4v) is 2.62. The Morgan fingerprint density at radius 3 is 3.10 bits per heavy atom. The highest BCUT2D eigenvalue weighted by Crippen LogP contribution is 2.32. The molecule has 6 heteroatoms. The molecule has 0 bridgehead atoms. The molecule has 1 N–H and O–H groups in total. The Kier molecular flexibility index (Phi) is 3.14. The number of aromatic nitrogens is 3. The van der Waals surface area contributed by atoms with E-state index in [1.165, 1.54) is 7.11 Å². The van der Waals surface area contributed by atoms with Crippen LogP contribution >= 0.6 is 0 Å². The lowest BCUT2D eigenvalue weighted by molar-refractivity contribution is 0.0601. The van der Waals surface area contributed by atoms with E-state index in [0.29, 0.717) is 11.3 Å². The summed E-state index contributed by atoms with van der Waals surface area (Å²) in [7, 11) is 1.38. The van der Waals surface area contributed by atoms with Gasteiger partial charge in [-0.05, 0) is 25.0 Å². The first-order valence-corrected chi connectivity index (χ1v) is 6.53. The van der Waals surface area contributed by atoms with E-state index in [9.17, 15) is 4.79 Å². The number of hydrogen-bond donors (Lipinski definition) is 1. The molecule has 20 heavy (non-hydrogen) atoms. The second kappa shape index (κ2) is 4.96. The average molecular weight is 272 g/mol. The fourth-order valence-electron chi connectivity index (χ4n) is 2.62. The minimum atomic E-state index is -0.358. The Balaban J connectivity index is 2.09. The molecule has 0 aromatic carbocycles. The van der Waals surface area contributed by atoms with Gasteiger partial charge in [-0.2, -0.15) is 5.10 Å². The standard InChI is InChI=1S/C14H16N4O2/c1-9-12(14(19)20-2)13-16-7-5-11(18(13)17-9)10-4-3-6-15-8-10/h3-4,6,8,11,16H,5,7H2,1-2H3. The molecule has 1 unspecified atom stereocenters. The van der Waals surface area contributed by atoms with Crippen LogP contribution in [0.25, 0.3) is 0 Å².